The molecule has 58 valence electrons. The summed E-state index contributed by atoms with van der Waals surface area (Å²) in [5.41, 5.74) is 1.14. The highest BCUT2D eigenvalue weighted by molar-refractivity contribution is 9.10. The van der Waals surface area contributed by atoms with Crippen molar-refractivity contribution in [2.24, 2.45) is 0 Å². The molecule has 1 aliphatic rings. The lowest BCUT2D eigenvalue weighted by molar-refractivity contribution is 0.407. The van der Waals surface area contributed by atoms with E-state index >= 15 is 0 Å². The Hall–Kier alpha value is -0.440. The van der Waals surface area contributed by atoms with Gasteiger partial charge in [0.25, 0.3) is 0 Å². The minimum absolute atomic E-state index is 0.681. The predicted octanol–water partition coefficient (Wildman–Crippen LogP) is 2.51. The molecule has 0 atom stereocenters. The zero-order valence-electron chi connectivity index (χ0n) is 6.13. The van der Waals surface area contributed by atoms with Crippen molar-refractivity contribution >= 4 is 15.9 Å². The van der Waals surface area contributed by atoms with Gasteiger partial charge in [-0.1, -0.05) is 6.42 Å². The molecule has 11 heavy (non-hydrogen) atoms. The molecule has 1 aromatic rings. The highest BCUT2D eigenvalue weighted by Gasteiger charge is 2.20. The fraction of sp³-hybridized carbons (Fsp3) is 0.500. The van der Waals surface area contributed by atoms with E-state index in [0.29, 0.717) is 5.92 Å². The van der Waals surface area contributed by atoms with E-state index < -0.39 is 0 Å². The molecule has 0 spiro atoms. The number of hydrogen-bond donors (Lipinski definition) is 0. The van der Waals surface area contributed by atoms with Gasteiger partial charge in [0.05, 0.1) is 11.9 Å². The van der Waals surface area contributed by atoms with Crippen molar-refractivity contribution in [3.8, 4) is 0 Å². The number of halogens is 1. The van der Waals surface area contributed by atoms with E-state index in [1.54, 1.807) is 6.20 Å². The Labute approximate surface area is 74.2 Å². The summed E-state index contributed by atoms with van der Waals surface area (Å²) in [5.74, 6) is 0.681. The molecule has 0 saturated heterocycles. The summed E-state index contributed by atoms with van der Waals surface area (Å²) in [6, 6.07) is 2.07. The van der Waals surface area contributed by atoms with Gasteiger partial charge in [-0.05, 0) is 34.8 Å². The zero-order valence-corrected chi connectivity index (χ0v) is 7.71. The second-order valence-electron chi connectivity index (χ2n) is 2.93. The van der Waals surface area contributed by atoms with Gasteiger partial charge in [-0.3, -0.25) is 0 Å². The van der Waals surface area contributed by atoms with Crippen LogP contribution >= 0.6 is 15.9 Å². The van der Waals surface area contributed by atoms with Gasteiger partial charge in [-0.15, -0.1) is 0 Å². The maximum absolute atomic E-state index is 4.08. The van der Waals surface area contributed by atoms with Gasteiger partial charge in [0.1, 0.15) is 0 Å². The molecule has 1 heterocycles. The number of rotatable bonds is 1. The van der Waals surface area contributed by atoms with Crippen LogP contribution in [0.1, 0.15) is 30.9 Å². The average molecular weight is 213 g/mol. The summed E-state index contributed by atoms with van der Waals surface area (Å²) in [5, 5.41) is 7.97. The molecule has 2 rings (SSSR count). The number of aromatic nitrogens is 2. The van der Waals surface area contributed by atoms with Gasteiger partial charge in [0.2, 0.25) is 0 Å². The minimum Gasteiger partial charge on any atom is -0.158 e. The molecular formula is C8H9BrN2. The van der Waals surface area contributed by atoms with Gasteiger partial charge >= 0.3 is 0 Å². The van der Waals surface area contributed by atoms with Gasteiger partial charge < -0.3 is 0 Å². The van der Waals surface area contributed by atoms with Gasteiger partial charge in [-0.2, -0.15) is 10.2 Å². The van der Waals surface area contributed by atoms with Crippen molar-refractivity contribution in [3.63, 3.8) is 0 Å². The van der Waals surface area contributed by atoms with Crippen molar-refractivity contribution in [2.75, 3.05) is 0 Å². The average Bonchev–Trinajstić information content (AvgIpc) is 1.83. The molecular weight excluding hydrogens is 204 g/mol. The molecule has 1 aliphatic carbocycles. The zero-order chi connectivity index (χ0) is 7.68. The molecule has 0 bridgehead atoms. The first-order chi connectivity index (χ1) is 5.36. The van der Waals surface area contributed by atoms with Gasteiger partial charge in [0.15, 0.2) is 0 Å². The summed E-state index contributed by atoms with van der Waals surface area (Å²) in [7, 11) is 0. The third-order valence-corrected chi connectivity index (χ3v) is 2.60. The first-order valence-corrected chi connectivity index (χ1v) is 4.63. The van der Waals surface area contributed by atoms with Crippen LogP contribution in [0, 0.1) is 0 Å². The molecule has 1 aromatic heterocycles. The number of hydrogen-bond acceptors (Lipinski definition) is 2. The Bertz CT molecular complexity index is 258. The lowest BCUT2D eigenvalue weighted by atomic mass is 9.83. The third-order valence-electron chi connectivity index (χ3n) is 2.16. The second kappa shape index (κ2) is 2.89. The minimum atomic E-state index is 0.681. The topological polar surface area (TPSA) is 25.8 Å². The summed E-state index contributed by atoms with van der Waals surface area (Å²) in [4.78, 5) is 0. The third kappa shape index (κ3) is 1.43. The molecule has 0 unspecified atom stereocenters. The van der Waals surface area contributed by atoms with Crippen molar-refractivity contribution in [3.05, 3.63) is 22.4 Å². The first-order valence-electron chi connectivity index (χ1n) is 3.84. The second-order valence-corrected chi connectivity index (χ2v) is 3.84. The van der Waals surface area contributed by atoms with E-state index in [2.05, 4.69) is 32.2 Å². The van der Waals surface area contributed by atoms with E-state index in [4.69, 9.17) is 0 Å². The Kier molecular flexibility index (Phi) is 1.90. The Morgan fingerprint density at radius 3 is 2.82 bits per heavy atom. The smallest absolute Gasteiger partial charge is 0.0673 e. The molecule has 0 aromatic carbocycles. The van der Waals surface area contributed by atoms with Crippen LogP contribution in [0.15, 0.2) is 16.7 Å². The molecule has 1 fully saturated rings. The number of nitrogens with zero attached hydrogens (tertiary/aromatic N) is 2. The SMILES string of the molecule is Brc1cnnc(C2CCC2)c1. The highest BCUT2D eigenvalue weighted by atomic mass is 79.9. The molecule has 1 saturated carbocycles. The summed E-state index contributed by atoms with van der Waals surface area (Å²) >= 11 is 3.38. The molecule has 0 aliphatic heterocycles. The predicted molar refractivity (Wildman–Crippen MR) is 46.3 cm³/mol. The van der Waals surface area contributed by atoms with Crippen LogP contribution in [-0.2, 0) is 0 Å². The maximum Gasteiger partial charge on any atom is 0.0673 e. The molecule has 0 radical (unpaired) electrons. The molecule has 3 heteroatoms. The van der Waals surface area contributed by atoms with Crippen molar-refractivity contribution in [1.29, 1.82) is 0 Å². The normalized spacial score (nSPS) is 17.9. The molecule has 0 amide bonds. The lowest BCUT2D eigenvalue weighted by Gasteiger charge is -2.23. The lowest BCUT2D eigenvalue weighted by Crippen LogP contribution is -2.10. The van der Waals surface area contributed by atoms with Gasteiger partial charge in [-0.25, -0.2) is 0 Å². The van der Waals surface area contributed by atoms with Crippen molar-refractivity contribution < 1.29 is 0 Å². The molecule has 2 nitrogen and oxygen atoms in total. The van der Waals surface area contributed by atoms with E-state index in [0.717, 1.165) is 10.2 Å². The fourth-order valence-corrected chi connectivity index (χ4v) is 1.59. The Morgan fingerprint density at radius 1 is 1.45 bits per heavy atom. The van der Waals surface area contributed by atoms with Crippen LogP contribution in [0.3, 0.4) is 0 Å². The first kappa shape index (κ1) is 7.22. The monoisotopic (exact) mass is 212 g/mol. The summed E-state index contributed by atoms with van der Waals surface area (Å²) in [6.07, 6.45) is 5.64. The van der Waals surface area contributed by atoms with Gasteiger partial charge in [0, 0.05) is 10.4 Å². The Morgan fingerprint density at radius 2 is 2.27 bits per heavy atom. The summed E-state index contributed by atoms with van der Waals surface area (Å²) in [6.45, 7) is 0. The van der Waals surface area contributed by atoms with Crippen LogP contribution in [0.4, 0.5) is 0 Å². The van der Waals surface area contributed by atoms with Crippen LogP contribution < -0.4 is 0 Å². The highest BCUT2D eigenvalue weighted by Crippen LogP contribution is 2.35. The largest absolute Gasteiger partial charge is 0.158 e. The Balaban J connectivity index is 2.23. The standard InChI is InChI=1S/C8H9BrN2/c9-7-4-8(11-10-5-7)6-2-1-3-6/h4-6H,1-3H2. The van der Waals surface area contributed by atoms with E-state index in [-0.39, 0.29) is 0 Å². The van der Waals surface area contributed by atoms with E-state index in [9.17, 15) is 0 Å². The van der Waals surface area contributed by atoms with Crippen molar-refractivity contribution in [1.82, 2.24) is 10.2 Å². The van der Waals surface area contributed by atoms with Crippen LogP contribution in [-0.4, -0.2) is 10.2 Å². The molecule has 0 N–H and O–H groups in total. The van der Waals surface area contributed by atoms with Crippen LogP contribution in [0.25, 0.3) is 0 Å². The van der Waals surface area contributed by atoms with Crippen LogP contribution in [0.5, 0.6) is 0 Å². The van der Waals surface area contributed by atoms with Crippen molar-refractivity contribution in [2.45, 2.75) is 25.2 Å². The summed E-state index contributed by atoms with van der Waals surface area (Å²) < 4.78 is 1.04. The van der Waals surface area contributed by atoms with E-state index in [1.165, 1.54) is 19.3 Å². The maximum atomic E-state index is 4.08. The fourth-order valence-electron chi connectivity index (χ4n) is 1.26. The van der Waals surface area contributed by atoms with Crippen LogP contribution in [0.2, 0.25) is 0 Å². The quantitative estimate of drug-likeness (QED) is 0.716. The van der Waals surface area contributed by atoms with E-state index in [1.807, 2.05) is 0 Å².